The fraction of sp³-hybridized carbons (Fsp3) is 0.278. The zero-order chi connectivity index (χ0) is 18.1. The summed E-state index contributed by atoms with van der Waals surface area (Å²) in [5.74, 6) is 2.60. The molecule has 0 amide bonds. The summed E-state index contributed by atoms with van der Waals surface area (Å²) in [4.78, 5) is 13.2. The number of ether oxygens (including phenoxy) is 3. The van der Waals surface area contributed by atoms with E-state index in [9.17, 15) is 0 Å². The quantitative estimate of drug-likeness (QED) is 0.669. The van der Waals surface area contributed by atoms with Gasteiger partial charge in [0.2, 0.25) is 0 Å². The zero-order valence-electron chi connectivity index (χ0n) is 14.6. The number of hydrogen-bond donors (Lipinski definition) is 1. The van der Waals surface area contributed by atoms with Gasteiger partial charge in [-0.2, -0.15) is 9.97 Å². The Morgan fingerprint density at radius 2 is 1.92 bits per heavy atom. The van der Waals surface area contributed by atoms with Crippen molar-refractivity contribution in [3.63, 3.8) is 0 Å². The number of nitrogens with zero attached hydrogens (tertiary/aromatic N) is 4. The smallest absolute Gasteiger partial charge is 0.320 e. The Balaban J connectivity index is 1.90. The molecule has 0 spiro atoms. The van der Waals surface area contributed by atoms with Crippen molar-refractivity contribution in [2.45, 2.75) is 13.5 Å². The van der Waals surface area contributed by atoms with Gasteiger partial charge >= 0.3 is 6.01 Å². The van der Waals surface area contributed by atoms with E-state index in [1.165, 1.54) is 0 Å². The van der Waals surface area contributed by atoms with Crippen molar-refractivity contribution in [3.8, 4) is 17.5 Å². The lowest BCUT2D eigenvalue weighted by molar-refractivity contribution is 0.329. The van der Waals surface area contributed by atoms with E-state index in [-0.39, 0.29) is 6.01 Å². The summed E-state index contributed by atoms with van der Waals surface area (Å²) in [5.41, 5.74) is 8.19. The van der Waals surface area contributed by atoms with Gasteiger partial charge in [-0.3, -0.25) is 0 Å². The predicted molar refractivity (Wildman–Crippen MR) is 96.7 cm³/mol. The van der Waals surface area contributed by atoms with E-state index in [0.717, 1.165) is 22.9 Å². The minimum Gasteiger partial charge on any atom is -0.496 e. The number of fused-ring (bicyclic) bond motifs is 3. The normalized spacial score (nSPS) is 15.2. The third-order valence-corrected chi connectivity index (χ3v) is 4.19. The van der Waals surface area contributed by atoms with Crippen LogP contribution in [-0.2, 0) is 6.54 Å². The first-order valence-corrected chi connectivity index (χ1v) is 8.23. The summed E-state index contributed by atoms with van der Waals surface area (Å²) < 4.78 is 18.8. The standard InChI is InChI=1S/C18H19N5O3/c1-11-20-15-16(19)21-18-22-17(15)23(11)10-12-9-13(5-6-14(12)24-2)25-7-3-4-8-26-18/h3-6,9H,7-8,10H2,1-2H3,(H2,19,21,22)/b4-3+. The van der Waals surface area contributed by atoms with Crippen LogP contribution < -0.4 is 19.9 Å². The van der Waals surface area contributed by atoms with Crippen LogP contribution in [0.3, 0.4) is 0 Å². The van der Waals surface area contributed by atoms with Crippen molar-refractivity contribution >= 4 is 17.0 Å². The van der Waals surface area contributed by atoms with Gasteiger partial charge in [-0.05, 0) is 37.3 Å². The molecule has 3 heterocycles. The fourth-order valence-electron chi connectivity index (χ4n) is 2.91. The Bertz CT molecular complexity index is 996. The lowest BCUT2D eigenvalue weighted by Gasteiger charge is -2.14. The summed E-state index contributed by atoms with van der Waals surface area (Å²) in [6.45, 7) is 3.18. The molecule has 0 aliphatic carbocycles. The maximum atomic E-state index is 6.06. The molecule has 4 bridgehead atoms. The van der Waals surface area contributed by atoms with Crippen molar-refractivity contribution in [2.75, 3.05) is 26.1 Å². The highest BCUT2D eigenvalue weighted by Gasteiger charge is 2.17. The van der Waals surface area contributed by atoms with Crippen LogP contribution in [0.2, 0.25) is 0 Å². The molecule has 1 aromatic carbocycles. The molecule has 26 heavy (non-hydrogen) atoms. The molecule has 8 nitrogen and oxygen atoms in total. The molecular formula is C18H19N5O3. The molecule has 8 heteroatoms. The van der Waals surface area contributed by atoms with Gasteiger partial charge in [0.25, 0.3) is 0 Å². The predicted octanol–water partition coefficient (Wildman–Crippen LogP) is 2.10. The molecule has 0 unspecified atom stereocenters. The van der Waals surface area contributed by atoms with E-state index in [1.807, 2.05) is 41.8 Å². The van der Waals surface area contributed by atoms with E-state index < -0.39 is 0 Å². The average Bonchev–Trinajstić information content (AvgIpc) is 2.94. The second-order valence-corrected chi connectivity index (χ2v) is 5.88. The molecule has 1 aliphatic rings. The Morgan fingerprint density at radius 3 is 2.73 bits per heavy atom. The Kier molecular flexibility index (Phi) is 4.08. The fourth-order valence-corrected chi connectivity index (χ4v) is 2.91. The second-order valence-electron chi connectivity index (χ2n) is 5.88. The van der Waals surface area contributed by atoms with E-state index in [1.54, 1.807) is 7.11 Å². The van der Waals surface area contributed by atoms with Gasteiger partial charge in [0.1, 0.15) is 30.5 Å². The molecule has 134 valence electrons. The number of aryl methyl sites for hydroxylation is 1. The van der Waals surface area contributed by atoms with Gasteiger partial charge in [0, 0.05) is 5.56 Å². The van der Waals surface area contributed by atoms with E-state index in [4.69, 9.17) is 19.9 Å². The van der Waals surface area contributed by atoms with Crippen LogP contribution in [0, 0.1) is 6.92 Å². The summed E-state index contributed by atoms with van der Waals surface area (Å²) in [6, 6.07) is 5.97. The van der Waals surface area contributed by atoms with Gasteiger partial charge in [0.05, 0.1) is 13.7 Å². The molecule has 0 saturated heterocycles. The zero-order valence-corrected chi connectivity index (χ0v) is 14.6. The molecule has 0 saturated carbocycles. The second kappa shape index (κ2) is 6.55. The Morgan fingerprint density at radius 1 is 1.12 bits per heavy atom. The number of hydrogen-bond acceptors (Lipinski definition) is 7. The summed E-state index contributed by atoms with van der Waals surface area (Å²) in [5, 5.41) is 0. The third-order valence-electron chi connectivity index (χ3n) is 4.19. The summed E-state index contributed by atoms with van der Waals surface area (Å²) in [7, 11) is 1.64. The van der Waals surface area contributed by atoms with Crippen LogP contribution in [0.25, 0.3) is 11.2 Å². The van der Waals surface area contributed by atoms with Crippen LogP contribution in [0.4, 0.5) is 5.82 Å². The number of nitrogens with two attached hydrogens (primary N) is 1. The number of aromatic nitrogens is 4. The number of anilines is 1. The number of rotatable bonds is 1. The van der Waals surface area contributed by atoms with Crippen LogP contribution >= 0.6 is 0 Å². The monoisotopic (exact) mass is 353 g/mol. The topological polar surface area (TPSA) is 97.3 Å². The number of methoxy groups -OCH3 is 1. The Labute approximate surface area is 150 Å². The highest BCUT2D eigenvalue weighted by molar-refractivity contribution is 5.82. The molecule has 0 radical (unpaired) electrons. The van der Waals surface area contributed by atoms with Gasteiger partial charge in [-0.25, -0.2) is 4.98 Å². The van der Waals surface area contributed by atoms with Gasteiger partial charge < -0.3 is 24.5 Å². The van der Waals surface area contributed by atoms with Crippen molar-refractivity contribution < 1.29 is 14.2 Å². The lowest BCUT2D eigenvalue weighted by atomic mass is 10.2. The molecule has 2 N–H and O–H groups in total. The molecule has 0 atom stereocenters. The Hall–Kier alpha value is -3.29. The first kappa shape index (κ1) is 16.2. The highest BCUT2D eigenvalue weighted by Crippen LogP contribution is 2.28. The highest BCUT2D eigenvalue weighted by atomic mass is 16.5. The van der Waals surface area contributed by atoms with Crippen molar-refractivity contribution in [1.29, 1.82) is 0 Å². The largest absolute Gasteiger partial charge is 0.496 e. The number of benzene rings is 1. The van der Waals surface area contributed by atoms with Crippen LogP contribution in [0.5, 0.6) is 17.5 Å². The SMILES string of the molecule is COc1ccc2cc1Cn1c(C)nc3c(N)nc(nc31)OC/C=C/CO2. The molecular weight excluding hydrogens is 334 g/mol. The van der Waals surface area contributed by atoms with Gasteiger partial charge in [-0.15, -0.1) is 0 Å². The average molecular weight is 353 g/mol. The molecule has 0 fully saturated rings. The minimum atomic E-state index is 0.222. The van der Waals surface area contributed by atoms with Crippen LogP contribution in [-0.4, -0.2) is 39.8 Å². The van der Waals surface area contributed by atoms with Crippen LogP contribution in [0.15, 0.2) is 30.4 Å². The molecule has 3 aromatic rings. The van der Waals surface area contributed by atoms with Gasteiger partial charge in [-0.1, -0.05) is 0 Å². The van der Waals surface area contributed by atoms with E-state index in [0.29, 0.717) is 36.7 Å². The number of imidazole rings is 1. The molecule has 2 aromatic heterocycles. The van der Waals surface area contributed by atoms with Crippen molar-refractivity contribution in [3.05, 3.63) is 41.7 Å². The van der Waals surface area contributed by atoms with E-state index >= 15 is 0 Å². The van der Waals surface area contributed by atoms with Crippen molar-refractivity contribution in [2.24, 2.45) is 0 Å². The van der Waals surface area contributed by atoms with Crippen LogP contribution in [0.1, 0.15) is 11.4 Å². The number of nitrogen functional groups attached to an aromatic ring is 1. The molecule has 1 aliphatic heterocycles. The first-order chi connectivity index (χ1) is 12.7. The molecule has 4 rings (SSSR count). The first-order valence-electron chi connectivity index (χ1n) is 8.23. The summed E-state index contributed by atoms with van der Waals surface area (Å²) >= 11 is 0. The van der Waals surface area contributed by atoms with Crippen molar-refractivity contribution in [1.82, 2.24) is 19.5 Å². The maximum Gasteiger partial charge on any atom is 0.320 e. The van der Waals surface area contributed by atoms with Gasteiger partial charge in [0.15, 0.2) is 17.0 Å². The minimum absolute atomic E-state index is 0.222. The third kappa shape index (κ3) is 2.90. The summed E-state index contributed by atoms with van der Waals surface area (Å²) in [6.07, 6.45) is 3.73. The van der Waals surface area contributed by atoms with E-state index in [2.05, 4.69) is 15.0 Å². The lowest BCUT2D eigenvalue weighted by Crippen LogP contribution is -2.08. The maximum absolute atomic E-state index is 6.06.